The maximum Gasteiger partial charge on any atom is 0.161 e. The van der Waals surface area contributed by atoms with Crippen molar-refractivity contribution in [2.75, 3.05) is 18.0 Å². The van der Waals surface area contributed by atoms with E-state index in [-0.39, 0.29) is 11.2 Å². The summed E-state index contributed by atoms with van der Waals surface area (Å²) < 4.78 is 0. The molecule has 2 rings (SSSR count). The largest absolute Gasteiger partial charge is 0.367 e. The van der Waals surface area contributed by atoms with Crippen molar-refractivity contribution in [3.63, 3.8) is 0 Å². The van der Waals surface area contributed by atoms with Gasteiger partial charge in [0.1, 0.15) is 0 Å². The Labute approximate surface area is 116 Å². The van der Waals surface area contributed by atoms with Gasteiger partial charge >= 0.3 is 0 Å². The summed E-state index contributed by atoms with van der Waals surface area (Å²) in [4.78, 5) is 14.0. The van der Waals surface area contributed by atoms with E-state index in [1.807, 2.05) is 24.3 Å². The number of nitrogens with zero attached hydrogens (tertiary/aromatic N) is 1. The minimum atomic E-state index is 0.140. The Balaban J connectivity index is 2.23. The van der Waals surface area contributed by atoms with Crippen LogP contribution in [0.15, 0.2) is 35.9 Å². The van der Waals surface area contributed by atoms with Gasteiger partial charge in [0.15, 0.2) is 5.78 Å². The van der Waals surface area contributed by atoms with Crippen LogP contribution in [0.1, 0.15) is 44.5 Å². The number of carbonyl (C=O) groups excluding carboxylic acids is 1. The summed E-state index contributed by atoms with van der Waals surface area (Å²) in [5, 5.41) is 0. The van der Waals surface area contributed by atoms with Gasteiger partial charge in [-0.1, -0.05) is 44.6 Å². The van der Waals surface area contributed by atoms with Gasteiger partial charge in [-0.2, -0.15) is 0 Å². The second kappa shape index (κ2) is 5.20. The molecule has 19 heavy (non-hydrogen) atoms. The molecule has 0 radical (unpaired) electrons. The normalized spacial score (nSPS) is 16.2. The number of hydrogen-bond acceptors (Lipinski definition) is 2. The highest BCUT2D eigenvalue weighted by Crippen LogP contribution is 2.32. The van der Waals surface area contributed by atoms with Crippen LogP contribution in [0.4, 0.5) is 5.69 Å². The molecule has 0 amide bonds. The fourth-order valence-corrected chi connectivity index (χ4v) is 2.62. The SMILES string of the molecule is CC(=O)c1ccccc1N1CC=C(C(C)(C)C)CC1. The highest BCUT2D eigenvalue weighted by atomic mass is 16.1. The molecule has 0 aromatic heterocycles. The predicted octanol–water partition coefficient (Wildman–Crippen LogP) is 4.07. The fourth-order valence-electron chi connectivity index (χ4n) is 2.62. The second-order valence-corrected chi connectivity index (χ2v) is 6.25. The number of hydrogen-bond donors (Lipinski definition) is 0. The lowest BCUT2D eigenvalue weighted by Gasteiger charge is -2.34. The summed E-state index contributed by atoms with van der Waals surface area (Å²) >= 11 is 0. The van der Waals surface area contributed by atoms with Crippen LogP contribution >= 0.6 is 0 Å². The molecule has 0 saturated carbocycles. The zero-order valence-corrected chi connectivity index (χ0v) is 12.4. The fraction of sp³-hybridized carbons (Fsp3) is 0.471. The molecular weight excluding hydrogens is 234 g/mol. The molecule has 2 nitrogen and oxygen atoms in total. The van der Waals surface area contributed by atoms with E-state index in [4.69, 9.17) is 0 Å². The van der Waals surface area contributed by atoms with Crippen LogP contribution in [-0.4, -0.2) is 18.9 Å². The van der Waals surface area contributed by atoms with Crippen LogP contribution in [0, 0.1) is 5.41 Å². The minimum absolute atomic E-state index is 0.140. The summed E-state index contributed by atoms with van der Waals surface area (Å²) in [5.41, 5.74) is 3.67. The summed E-state index contributed by atoms with van der Waals surface area (Å²) in [6.45, 7) is 10.3. The van der Waals surface area contributed by atoms with Crippen molar-refractivity contribution in [2.45, 2.75) is 34.1 Å². The first-order valence-corrected chi connectivity index (χ1v) is 6.94. The van der Waals surface area contributed by atoms with Gasteiger partial charge in [0.25, 0.3) is 0 Å². The van der Waals surface area contributed by atoms with Gasteiger partial charge in [0.05, 0.1) is 0 Å². The van der Waals surface area contributed by atoms with Crippen molar-refractivity contribution in [3.8, 4) is 0 Å². The number of anilines is 1. The van der Waals surface area contributed by atoms with E-state index >= 15 is 0 Å². The standard InChI is InChI=1S/C17H23NO/c1-13(19)15-7-5-6-8-16(15)18-11-9-14(10-12-18)17(2,3)4/h5-9H,10-12H2,1-4H3. The lowest BCUT2D eigenvalue weighted by Crippen LogP contribution is -2.32. The maximum atomic E-state index is 11.7. The Morgan fingerprint density at radius 1 is 1.21 bits per heavy atom. The van der Waals surface area contributed by atoms with Gasteiger partial charge in [0, 0.05) is 24.3 Å². The maximum absolute atomic E-state index is 11.7. The van der Waals surface area contributed by atoms with Gasteiger partial charge in [0.2, 0.25) is 0 Å². The van der Waals surface area contributed by atoms with E-state index in [2.05, 4.69) is 31.7 Å². The van der Waals surface area contributed by atoms with Gasteiger partial charge in [-0.15, -0.1) is 0 Å². The van der Waals surface area contributed by atoms with Crippen molar-refractivity contribution in [1.82, 2.24) is 0 Å². The summed E-state index contributed by atoms with van der Waals surface area (Å²) in [7, 11) is 0. The van der Waals surface area contributed by atoms with Crippen LogP contribution in [0.25, 0.3) is 0 Å². The zero-order valence-electron chi connectivity index (χ0n) is 12.4. The van der Waals surface area contributed by atoms with Gasteiger partial charge in [-0.05, 0) is 30.9 Å². The third-order valence-corrected chi connectivity index (χ3v) is 3.80. The molecular formula is C17H23NO. The molecule has 0 fully saturated rings. The lowest BCUT2D eigenvalue weighted by atomic mass is 9.83. The van der Waals surface area contributed by atoms with E-state index in [1.54, 1.807) is 6.92 Å². The van der Waals surface area contributed by atoms with Crippen molar-refractivity contribution in [2.24, 2.45) is 5.41 Å². The molecule has 1 aromatic carbocycles. The van der Waals surface area contributed by atoms with Crippen LogP contribution in [0.2, 0.25) is 0 Å². The van der Waals surface area contributed by atoms with Crippen LogP contribution in [0.3, 0.4) is 0 Å². The molecule has 0 saturated heterocycles. The molecule has 0 unspecified atom stereocenters. The van der Waals surface area contributed by atoms with E-state index in [0.29, 0.717) is 0 Å². The molecule has 0 atom stereocenters. The molecule has 0 spiro atoms. The smallest absolute Gasteiger partial charge is 0.161 e. The van der Waals surface area contributed by atoms with Crippen molar-refractivity contribution in [3.05, 3.63) is 41.5 Å². The molecule has 1 aliphatic rings. The molecule has 102 valence electrons. The third-order valence-electron chi connectivity index (χ3n) is 3.80. The summed E-state index contributed by atoms with van der Waals surface area (Å²) in [5.74, 6) is 0.140. The lowest BCUT2D eigenvalue weighted by molar-refractivity contribution is 0.101. The first-order valence-electron chi connectivity index (χ1n) is 6.94. The van der Waals surface area contributed by atoms with Gasteiger partial charge in [-0.25, -0.2) is 0 Å². The Kier molecular flexibility index (Phi) is 3.79. The molecule has 2 heteroatoms. The third kappa shape index (κ3) is 3.06. The van der Waals surface area contributed by atoms with E-state index in [0.717, 1.165) is 30.8 Å². The first-order chi connectivity index (χ1) is 8.89. The highest BCUT2D eigenvalue weighted by molar-refractivity contribution is 5.99. The number of rotatable bonds is 2. The number of Topliss-reactive ketones (excluding diaryl/α,β-unsaturated/α-hetero) is 1. The molecule has 1 aliphatic heterocycles. The summed E-state index contributed by atoms with van der Waals surface area (Å²) in [6, 6.07) is 7.90. The van der Waals surface area contributed by atoms with E-state index < -0.39 is 0 Å². The van der Waals surface area contributed by atoms with Crippen molar-refractivity contribution < 1.29 is 4.79 Å². The number of benzene rings is 1. The Bertz CT molecular complexity index is 508. The molecule has 0 N–H and O–H groups in total. The van der Waals surface area contributed by atoms with E-state index in [9.17, 15) is 4.79 Å². The average Bonchev–Trinajstić information content (AvgIpc) is 2.38. The zero-order chi connectivity index (χ0) is 14.0. The molecule has 1 heterocycles. The Hall–Kier alpha value is -1.57. The monoisotopic (exact) mass is 257 g/mol. The average molecular weight is 257 g/mol. The van der Waals surface area contributed by atoms with Crippen molar-refractivity contribution in [1.29, 1.82) is 0 Å². The van der Waals surface area contributed by atoms with Crippen LogP contribution in [-0.2, 0) is 0 Å². The minimum Gasteiger partial charge on any atom is -0.367 e. The number of para-hydroxylation sites is 1. The van der Waals surface area contributed by atoms with Crippen LogP contribution in [0.5, 0.6) is 0 Å². The number of carbonyl (C=O) groups is 1. The molecule has 1 aromatic rings. The molecule has 0 bridgehead atoms. The van der Waals surface area contributed by atoms with E-state index in [1.165, 1.54) is 5.57 Å². The van der Waals surface area contributed by atoms with Gasteiger partial charge in [-0.3, -0.25) is 4.79 Å². The quantitative estimate of drug-likeness (QED) is 0.588. The first kappa shape index (κ1) is 13.9. The molecule has 0 aliphatic carbocycles. The predicted molar refractivity (Wildman–Crippen MR) is 80.8 cm³/mol. The van der Waals surface area contributed by atoms with Gasteiger partial charge < -0.3 is 4.90 Å². The number of ketones is 1. The van der Waals surface area contributed by atoms with Crippen LogP contribution < -0.4 is 4.90 Å². The second-order valence-electron chi connectivity index (χ2n) is 6.25. The topological polar surface area (TPSA) is 20.3 Å². The Morgan fingerprint density at radius 2 is 1.89 bits per heavy atom. The summed E-state index contributed by atoms with van der Waals surface area (Å²) in [6.07, 6.45) is 3.40. The Morgan fingerprint density at radius 3 is 2.42 bits per heavy atom. The van der Waals surface area contributed by atoms with Crippen molar-refractivity contribution >= 4 is 11.5 Å². The highest BCUT2D eigenvalue weighted by Gasteiger charge is 2.22.